The Morgan fingerprint density at radius 1 is 1.35 bits per heavy atom. The van der Waals surface area contributed by atoms with Gasteiger partial charge in [0.25, 0.3) is 0 Å². The van der Waals surface area contributed by atoms with E-state index in [1.807, 2.05) is 0 Å². The Labute approximate surface area is 99.0 Å². The molecule has 0 aromatic heterocycles. The lowest BCUT2D eigenvalue weighted by Crippen LogP contribution is -2.17. The number of ether oxygens (including phenoxy) is 2. The summed E-state index contributed by atoms with van der Waals surface area (Å²) in [7, 11) is 1.16. The first-order valence-corrected chi connectivity index (χ1v) is 5.14. The third-order valence-corrected chi connectivity index (χ3v) is 2.10. The van der Waals surface area contributed by atoms with Gasteiger partial charge in [-0.25, -0.2) is 4.79 Å². The number of carbonyl (C=O) groups is 2. The third kappa shape index (κ3) is 3.48. The number of rotatable bonds is 5. The maximum Gasteiger partial charge on any atom is 0.374 e. The van der Waals surface area contributed by atoms with E-state index in [0.717, 1.165) is 7.11 Å². The number of phenolic OH excluding ortho intramolecular Hbond substituents is 1. The number of hydrogen-bond donors (Lipinski definition) is 1. The predicted octanol–water partition coefficient (Wildman–Crippen LogP) is 1.08. The summed E-state index contributed by atoms with van der Waals surface area (Å²) in [5.74, 6) is -1.22. The van der Waals surface area contributed by atoms with Gasteiger partial charge in [-0.05, 0) is 24.6 Å². The molecule has 0 spiro atoms. The molecule has 0 heterocycles. The van der Waals surface area contributed by atoms with Gasteiger partial charge < -0.3 is 14.6 Å². The molecule has 0 bridgehead atoms. The first kappa shape index (κ1) is 13.0. The topological polar surface area (TPSA) is 72.8 Å². The van der Waals surface area contributed by atoms with Gasteiger partial charge in [0.2, 0.25) is 5.78 Å². The van der Waals surface area contributed by atoms with Gasteiger partial charge in [-0.3, -0.25) is 4.79 Å². The molecule has 17 heavy (non-hydrogen) atoms. The average molecular weight is 238 g/mol. The molecule has 0 aliphatic carbocycles. The van der Waals surface area contributed by atoms with E-state index in [0.29, 0.717) is 17.9 Å². The van der Waals surface area contributed by atoms with E-state index in [1.165, 1.54) is 12.1 Å². The SMILES string of the molecule is CCOc1cc(CC(=O)C(=O)OC)ccc1O. The molecule has 0 aliphatic heterocycles. The minimum atomic E-state index is -0.879. The molecule has 92 valence electrons. The highest BCUT2D eigenvalue weighted by atomic mass is 16.5. The Kier molecular flexibility index (Phi) is 4.51. The molecule has 0 aliphatic rings. The number of Topliss-reactive ketones (excluding diaryl/α,β-unsaturated/α-hetero) is 1. The lowest BCUT2D eigenvalue weighted by atomic mass is 10.1. The van der Waals surface area contributed by atoms with E-state index in [9.17, 15) is 14.7 Å². The van der Waals surface area contributed by atoms with Crippen molar-refractivity contribution in [2.45, 2.75) is 13.3 Å². The fraction of sp³-hybridized carbons (Fsp3) is 0.333. The van der Waals surface area contributed by atoms with Crippen molar-refractivity contribution in [1.29, 1.82) is 0 Å². The maximum absolute atomic E-state index is 11.3. The van der Waals surface area contributed by atoms with E-state index < -0.39 is 11.8 Å². The molecule has 0 amide bonds. The summed E-state index contributed by atoms with van der Waals surface area (Å²) >= 11 is 0. The first-order valence-electron chi connectivity index (χ1n) is 5.14. The molecule has 1 aromatic carbocycles. The summed E-state index contributed by atoms with van der Waals surface area (Å²) in [5, 5.41) is 9.45. The molecule has 0 saturated carbocycles. The van der Waals surface area contributed by atoms with Crippen LogP contribution in [0.2, 0.25) is 0 Å². The molecule has 1 N–H and O–H groups in total. The molecular weight excluding hydrogens is 224 g/mol. The van der Waals surface area contributed by atoms with Crippen LogP contribution in [0.25, 0.3) is 0 Å². The zero-order valence-electron chi connectivity index (χ0n) is 9.73. The van der Waals surface area contributed by atoms with Crippen LogP contribution in [0.3, 0.4) is 0 Å². The summed E-state index contributed by atoms with van der Waals surface area (Å²) in [6.07, 6.45) is -0.0764. The minimum Gasteiger partial charge on any atom is -0.504 e. The summed E-state index contributed by atoms with van der Waals surface area (Å²) < 4.78 is 9.48. The average Bonchev–Trinajstić information content (AvgIpc) is 2.32. The summed E-state index contributed by atoms with van der Waals surface area (Å²) in [6, 6.07) is 4.50. The zero-order valence-corrected chi connectivity index (χ0v) is 9.73. The van der Waals surface area contributed by atoms with Gasteiger partial charge in [-0.1, -0.05) is 6.07 Å². The van der Waals surface area contributed by atoms with Gasteiger partial charge in [0.05, 0.1) is 13.7 Å². The van der Waals surface area contributed by atoms with Crippen LogP contribution < -0.4 is 4.74 Å². The van der Waals surface area contributed by atoms with Gasteiger partial charge in [0.1, 0.15) is 0 Å². The fourth-order valence-corrected chi connectivity index (χ4v) is 1.31. The van der Waals surface area contributed by atoms with Crippen molar-refractivity contribution in [3.05, 3.63) is 23.8 Å². The van der Waals surface area contributed by atoms with Gasteiger partial charge in [0.15, 0.2) is 11.5 Å². The molecule has 1 aromatic rings. The van der Waals surface area contributed by atoms with Gasteiger partial charge in [0, 0.05) is 6.42 Å². The Bertz CT molecular complexity index is 425. The normalized spacial score (nSPS) is 9.76. The van der Waals surface area contributed by atoms with Crippen LogP contribution >= 0.6 is 0 Å². The lowest BCUT2D eigenvalue weighted by Gasteiger charge is -2.07. The van der Waals surface area contributed by atoms with Crippen molar-refractivity contribution in [3.63, 3.8) is 0 Å². The third-order valence-electron chi connectivity index (χ3n) is 2.10. The molecular formula is C12H14O5. The van der Waals surface area contributed by atoms with Crippen LogP contribution in [0.15, 0.2) is 18.2 Å². The van der Waals surface area contributed by atoms with E-state index in [4.69, 9.17) is 4.74 Å². The highest BCUT2D eigenvalue weighted by molar-refractivity contribution is 6.34. The highest BCUT2D eigenvalue weighted by Crippen LogP contribution is 2.27. The van der Waals surface area contributed by atoms with E-state index in [1.54, 1.807) is 13.0 Å². The number of carbonyl (C=O) groups excluding carboxylic acids is 2. The van der Waals surface area contributed by atoms with Crippen molar-refractivity contribution in [2.24, 2.45) is 0 Å². The van der Waals surface area contributed by atoms with Gasteiger partial charge >= 0.3 is 5.97 Å². The maximum atomic E-state index is 11.3. The molecule has 0 unspecified atom stereocenters. The molecule has 0 saturated heterocycles. The summed E-state index contributed by atoms with van der Waals surface area (Å²) in [5.41, 5.74) is 0.585. The summed E-state index contributed by atoms with van der Waals surface area (Å²) in [6.45, 7) is 2.19. The predicted molar refractivity (Wildman–Crippen MR) is 60.0 cm³/mol. The largest absolute Gasteiger partial charge is 0.504 e. The second-order valence-electron chi connectivity index (χ2n) is 3.33. The van der Waals surface area contributed by atoms with E-state index >= 15 is 0 Å². The van der Waals surface area contributed by atoms with Crippen LogP contribution in [0, 0.1) is 0 Å². The number of phenols is 1. The van der Waals surface area contributed by atoms with E-state index in [-0.39, 0.29) is 12.2 Å². The number of esters is 1. The number of hydrogen-bond acceptors (Lipinski definition) is 5. The number of ketones is 1. The number of benzene rings is 1. The van der Waals surface area contributed by atoms with Crippen LogP contribution in [0.4, 0.5) is 0 Å². The monoisotopic (exact) mass is 238 g/mol. The molecule has 1 rings (SSSR count). The molecule has 0 radical (unpaired) electrons. The zero-order chi connectivity index (χ0) is 12.8. The van der Waals surface area contributed by atoms with E-state index in [2.05, 4.69) is 4.74 Å². The number of aromatic hydroxyl groups is 1. The van der Waals surface area contributed by atoms with Crippen LogP contribution in [-0.4, -0.2) is 30.6 Å². The lowest BCUT2D eigenvalue weighted by molar-refractivity contribution is -0.151. The smallest absolute Gasteiger partial charge is 0.374 e. The van der Waals surface area contributed by atoms with Crippen molar-refractivity contribution in [1.82, 2.24) is 0 Å². The van der Waals surface area contributed by atoms with Crippen LogP contribution in [0.1, 0.15) is 12.5 Å². The minimum absolute atomic E-state index is 0.00103. The standard InChI is InChI=1S/C12H14O5/c1-3-17-11-7-8(4-5-9(11)13)6-10(14)12(15)16-2/h4-5,7,13H,3,6H2,1-2H3. The molecule has 5 nitrogen and oxygen atoms in total. The Morgan fingerprint density at radius 2 is 2.06 bits per heavy atom. The second-order valence-corrected chi connectivity index (χ2v) is 3.33. The molecule has 0 fully saturated rings. The van der Waals surface area contributed by atoms with Crippen molar-refractivity contribution >= 4 is 11.8 Å². The highest BCUT2D eigenvalue weighted by Gasteiger charge is 2.15. The Morgan fingerprint density at radius 3 is 2.65 bits per heavy atom. The van der Waals surface area contributed by atoms with Crippen molar-refractivity contribution < 1.29 is 24.2 Å². The van der Waals surface area contributed by atoms with Crippen molar-refractivity contribution in [3.8, 4) is 11.5 Å². The molecule has 0 atom stereocenters. The fourth-order valence-electron chi connectivity index (χ4n) is 1.31. The first-order chi connectivity index (χ1) is 8.08. The summed E-state index contributed by atoms with van der Waals surface area (Å²) in [4.78, 5) is 22.3. The van der Waals surface area contributed by atoms with Crippen LogP contribution in [0.5, 0.6) is 11.5 Å². The van der Waals surface area contributed by atoms with Crippen molar-refractivity contribution in [2.75, 3.05) is 13.7 Å². The Hall–Kier alpha value is -2.04. The molecule has 5 heteroatoms. The van der Waals surface area contributed by atoms with Crippen LogP contribution in [-0.2, 0) is 20.7 Å². The second kappa shape index (κ2) is 5.89. The quantitative estimate of drug-likeness (QED) is 0.613. The number of methoxy groups -OCH3 is 1. The van der Waals surface area contributed by atoms with Gasteiger partial charge in [-0.15, -0.1) is 0 Å². The Balaban J connectivity index is 2.82. The van der Waals surface area contributed by atoms with Gasteiger partial charge in [-0.2, -0.15) is 0 Å².